The van der Waals surface area contributed by atoms with Crippen LogP contribution in [0, 0.1) is 0 Å². The number of hydrogen-bond donors (Lipinski definition) is 1. The van der Waals surface area contributed by atoms with E-state index in [2.05, 4.69) is 5.32 Å². The predicted octanol–water partition coefficient (Wildman–Crippen LogP) is 4.06. The molecule has 2 aromatic rings. The average Bonchev–Trinajstić information content (AvgIpc) is 3.14. The van der Waals surface area contributed by atoms with Crippen molar-refractivity contribution < 1.29 is 19.1 Å². The number of fused-ring (bicyclic) bond motifs is 1. The summed E-state index contributed by atoms with van der Waals surface area (Å²) in [5.41, 5.74) is 2.01. The molecular weight excluding hydrogens is 338 g/mol. The van der Waals surface area contributed by atoms with Gasteiger partial charge in [0.15, 0.2) is 0 Å². The first kappa shape index (κ1) is 17.5. The van der Waals surface area contributed by atoms with Crippen molar-refractivity contribution in [2.45, 2.75) is 39.2 Å². The van der Waals surface area contributed by atoms with Crippen molar-refractivity contribution in [2.24, 2.45) is 0 Å². The molecule has 1 amide bonds. The number of carbonyl (C=O) groups excluding carboxylic acids is 2. The summed E-state index contributed by atoms with van der Waals surface area (Å²) in [5.74, 6) is -0.0182. The lowest BCUT2D eigenvalue weighted by molar-refractivity contribution is 0.0601. The summed E-state index contributed by atoms with van der Waals surface area (Å²) in [5, 5.41) is 3.44. The molecule has 25 heavy (non-hydrogen) atoms. The number of rotatable bonds is 5. The molecule has 0 unspecified atom stereocenters. The van der Waals surface area contributed by atoms with Crippen LogP contribution in [0.1, 0.15) is 51.4 Å². The van der Waals surface area contributed by atoms with Crippen LogP contribution >= 0.6 is 11.3 Å². The van der Waals surface area contributed by atoms with Crippen molar-refractivity contribution in [3.05, 3.63) is 45.8 Å². The molecule has 1 aromatic carbocycles. The summed E-state index contributed by atoms with van der Waals surface area (Å²) in [6.07, 6.45) is 2.86. The van der Waals surface area contributed by atoms with Crippen molar-refractivity contribution in [3.63, 3.8) is 0 Å². The van der Waals surface area contributed by atoms with Gasteiger partial charge in [0.2, 0.25) is 0 Å². The molecule has 0 fully saturated rings. The van der Waals surface area contributed by atoms with E-state index < -0.39 is 5.97 Å². The fourth-order valence-corrected chi connectivity index (χ4v) is 4.24. The number of anilines is 1. The molecule has 132 valence electrons. The Morgan fingerprint density at radius 1 is 1.24 bits per heavy atom. The predicted molar refractivity (Wildman–Crippen MR) is 97.8 cm³/mol. The van der Waals surface area contributed by atoms with Gasteiger partial charge < -0.3 is 14.8 Å². The number of hydrogen-bond acceptors (Lipinski definition) is 5. The fourth-order valence-electron chi connectivity index (χ4n) is 2.97. The maximum Gasteiger partial charge on any atom is 0.341 e. The Balaban J connectivity index is 1.85. The zero-order chi connectivity index (χ0) is 18.0. The van der Waals surface area contributed by atoms with E-state index in [0.29, 0.717) is 21.9 Å². The number of ether oxygens (including phenoxy) is 2. The van der Waals surface area contributed by atoms with Crippen molar-refractivity contribution >= 4 is 28.2 Å². The highest BCUT2D eigenvalue weighted by Crippen LogP contribution is 2.39. The second-order valence-corrected chi connectivity index (χ2v) is 7.31. The van der Waals surface area contributed by atoms with E-state index in [1.54, 1.807) is 18.2 Å². The Morgan fingerprint density at radius 2 is 2.04 bits per heavy atom. The smallest absolute Gasteiger partial charge is 0.341 e. The SMILES string of the molecule is COC(=O)c1c(NC(=O)c2cccc(OC(C)C)c2)sc2c1CCC2. The molecule has 1 aromatic heterocycles. The van der Waals surface area contributed by atoms with E-state index in [1.165, 1.54) is 18.4 Å². The van der Waals surface area contributed by atoms with Crippen LogP contribution in [0.5, 0.6) is 5.75 Å². The fraction of sp³-hybridized carbons (Fsp3) is 0.368. The zero-order valence-electron chi connectivity index (χ0n) is 14.5. The first-order valence-corrected chi connectivity index (χ1v) is 9.12. The van der Waals surface area contributed by atoms with Crippen LogP contribution in [-0.2, 0) is 17.6 Å². The third-order valence-electron chi connectivity index (χ3n) is 4.01. The molecule has 5 nitrogen and oxygen atoms in total. The molecule has 1 N–H and O–H groups in total. The van der Waals surface area contributed by atoms with Crippen LogP contribution in [0.15, 0.2) is 24.3 Å². The molecule has 6 heteroatoms. The van der Waals surface area contributed by atoms with E-state index in [-0.39, 0.29) is 12.0 Å². The number of amides is 1. The number of carbonyl (C=O) groups is 2. The van der Waals surface area contributed by atoms with Gasteiger partial charge in [-0.3, -0.25) is 4.79 Å². The number of aryl methyl sites for hydroxylation is 1. The third-order valence-corrected chi connectivity index (χ3v) is 5.21. The zero-order valence-corrected chi connectivity index (χ0v) is 15.4. The van der Waals surface area contributed by atoms with Gasteiger partial charge in [0.1, 0.15) is 10.8 Å². The van der Waals surface area contributed by atoms with E-state index in [9.17, 15) is 9.59 Å². The summed E-state index contributed by atoms with van der Waals surface area (Å²) in [6.45, 7) is 3.87. The maximum atomic E-state index is 12.6. The van der Waals surface area contributed by atoms with Crippen molar-refractivity contribution in [1.82, 2.24) is 0 Å². The molecule has 1 heterocycles. The second kappa shape index (κ2) is 7.27. The van der Waals surface area contributed by atoms with Crippen LogP contribution in [-0.4, -0.2) is 25.1 Å². The van der Waals surface area contributed by atoms with Gasteiger partial charge in [-0.25, -0.2) is 4.79 Å². The number of methoxy groups -OCH3 is 1. The Hall–Kier alpha value is -2.34. The van der Waals surface area contributed by atoms with Crippen molar-refractivity contribution in [2.75, 3.05) is 12.4 Å². The summed E-state index contributed by atoms with van der Waals surface area (Å²) in [4.78, 5) is 26.0. The van der Waals surface area contributed by atoms with E-state index in [4.69, 9.17) is 9.47 Å². The monoisotopic (exact) mass is 359 g/mol. The Kier molecular flexibility index (Phi) is 5.08. The standard InChI is InChI=1S/C19H21NO4S/c1-11(2)24-13-7-4-6-12(10-13)17(21)20-18-16(19(22)23-3)14-8-5-9-15(14)25-18/h4,6-7,10-11H,5,8-9H2,1-3H3,(H,20,21). The molecule has 0 bridgehead atoms. The minimum Gasteiger partial charge on any atom is -0.491 e. The summed E-state index contributed by atoms with van der Waals surface area (Å²) in [7, 11) is 1.36. The second-order valence-electron chi connectivity index (χ2n) is 6.20. The number of thiophene rings is 1. The van der Waals surface area contributed by atoms with Gasteiger partial charge in [0.25, 0.3) is 5.91 Å². The molecule has 0 spiro atoms. The molecule has 0 saturated carbocycles. The lowest BCUT2D eigenvalue weighted by Crippen LogP contribution is -2.15. The van der Waals surface area contributed by atoms with E-state index >= 15 is 0 Å². The number of esters is 1. The topological polar surface area (TPSA) is 64.6 Å². The summed E-state index contributed by atoms with van der Waals surface area (Å²) >= 11 is 1.47. The molecular formula is C19H21NO4S. The van der Waals surface area contributed by atoms with Crippen molar-refractivity contribution in [1.29, 1.82) is 0 Å². The molecule has 1 aliphatic carbocycles. The summed E-state index contributed by atoms with van der Waals surface area (Å²) in [6, 6.07) is 7.02. The van der Waals surface area contributed by atoms with Crippen LogP contribution in [0.2, 0.25) is 0 Å². The van der Waals surface area contributed by atoms with Crippen LogP contribution in [0.3, 0.4) is 0 Å². The van der Waals surface area contributed by atoms with Gasteiger partial charge in [-0.05, 0) is 56.9 Å². The Bertz CT molecular complexity index is 810. The highest BCUT2D eigenvalue weighted by molar-refractivity contribution is 7.17. The van der Waals surface area contributed by atoms with Gasteiger partial charge in [0, 0.05) is 10.4 Å². The van der Waals surface area contributed by atoms with Crippen LogP contribution in [0.25, 0.3) is 0 Å². The van der Waals surface area contributed by atoms with Crippen LogP contribution in [0.4, 0.5) is 5.00 Å². The third kappa shape index (κ3) is 3.69. The first-order valence-electron chi connectivity index (χ1n) is 8.30. The minimum absolute atomic E-state index is 0.0320. The van der Waals surface area contributed by atoms with Gasteiger partial charge >= 0.3 is 5.97 Å². The van der Waals surface area contributed by atoms with Crippen molar-refractivity contribution in [3.8, 4) is 5.75 Å². The molecule has 0 saturated heterocycles. The minimum atomic E-state index is -0.397. The first-order chi connectivity index (χ1) is 12.0. The molecule has 0 aliphatic heterocycles. The van der Waals surface area contributed by atoms with Gasteiger partial charge in [-0.1, -0.05) is 6.07 Å². The lowest BCUT2D eigenvalue weighted by Gasteiger charge is -2.11. The quantitative estimate of drug-likeness (QED) is 0.818. The molecule has 3 rings (SSSR count). The highest BCUT2D eigenvalue weighted by Gasteiger charge is 2.28. The van der Waals surface area contributed by atoms with Gasteiger partial charge in [-0.2, -0.15) is 0 Å². The molecule has 1 aliphatic rings. The van der Waals surface area contributed by atoms with Gasteiger partial charge in [-0.15, -0.1) is 11.3 Å². The number of nitrogens with one attached hydrogen (secondary N) is 1. The maximum absolute atomic E-state index is 12.6. The Labute approximate surface area is 151 Å². The average molecular weight is 359 g/mol. The largest absolute Gasteiger partial charge is 0.491 e. The van der Waals surface area contributed by atoms with Gasteiger partial charge in [0.05, 0.1) is 18.8 Å². The Morgan fingerprint density at radius 3 is 2.76 bits per heavy atom. The van der Waals surface area contributed by atoms with E-state index in [1.807, 2.05) is 19.9 Å². The number of benzene rings is 1. The highest BCUT2D eigenvalue weighted by atomic mass is 32.1. The summed E-state index contributed by atoms with van der Waals surface area (Å²) < 4.78 is 10.5. The lowest BCUT2D eigenvalue weighted by atomic mass is 10.1. The molecule has 0 atom stereocenters. The normalized spacial score (nSPS) is 12.8. The molecule has 0 radical (unpaired) electrons. The van der Waals surface area contributed by atoms with Crippen LogP contribution < -0.4 is 10.1 Å². The van der Waals surface area contributed by atoms with E-state index in [0.717, 1.165) is 29.7 Å².